The fraction of sp³-hybridized carbons (Fsp3) is 0. The van der Waals surface area contributed by atoms with Gasteiger partial charge in [0.25, 0.3) is 0 Å². The number of benzene rings is 1. The lowest BCUT2D eigenvalue weighted by molar-refractivity contribution is 0.629. The predicted octanol–water partition coefficient (Wildman–Crippen LogP) is 2.94. The molecule has 0 spiro atoms. The Morgan fingerprint density at radius 1 is 1.50 bits per heavy atom. The Balaban J connectivity index is 2.90. The normalized spacial score (nSPS) is 10.9. The molecule has 2 aromatic rings. The zero-order chi connectivity index (χ0) is 8.72. The predicted molar refractivity (Wildman–Crippen MR) is 56.7 cm³/mol. The molecule has 1 aromatic heterocycles. The summed E-state index contributed by atoms with van der Waals surface area (Å²) in [5.41, 5.74) is 0.749. The van der Waals surface area contributed by atoms with Crippen molar-refractivity contribution >= 4 is 49.6 Å². The Morgan fingerprint density at radius 2 is 2.25 bits per heavy atom. The Kier molecular flexibility index (Phi) is 2.07. The van der Waals surface area contributed by atoms with Crippen molar-refractivity contribution in [1.29, 1.82) is 0 Å². The topological polar surface area (TPSA) is 17.8 Å². The fourth-order valence-electron chi connectivity index (χ4n) is 1.02. The lowest BCUT2D eigenvalue weighted by atomic mass is 10.2. The Labute approximate surface area is 90.2 Å². The molecule has 0 unspecified atom stereocenters. The summed E-state index contributed by atoms with van der Waals surface area (Å²) in [5.74, 6) is -0.250. The molecule has 0 radical (unpaired) electrons. The third-order valence-electron chi connectivity index (χ3n) is 1.56. The Morgan fingerprint density at radius 3 is 3.00 bits per heavy atom. The van der Waals surface area contributed by atoms with Crippen molar-refractivity contribution in [3.05, 3.63) is 27.7 Å². The van der Waals surface area contributed by atoms with E-state index in [0.29, 0.717) is 0 Å². The van der Waals surface area contributed by atoms with Gasteiger partial charge in [0.05, 0.1) is 21.7 Å². The van der Waals surface area contributed by atoms with Gasteiger partial charge in [-0.05, 0) is 34.7 Å². The molecule has 2 rings (SSSR count). The zero-order valence-corrected chi connectivity index (χ0v) is 9.50. The number of nitrogens with zero attached hydrogens (tertiary/aromatic N) is 2. The highest BCUT2D eigenvalue weighted by Crippen LogP contribution is 2.22. The highest BCUT2D eigenvalue weighted by Gasteiger charge is 2.06. The van der Waals surface area contributed by atoms with Crippen molar-refractivity contribution in [2.45, 2.75) is 0 Å². The van der Waals surface area contributed by atoms with Crippen LogP contribution in [0.1, 0.15) is 0 Å². The van der Waals surface area contributed by atoms with Crippen molar-refractivity contribution in [3.63, 3.8) is 0 Å². The van der Waals surface area contributed by atoms with Gasteiger partial charge in [-0.2, -0.15) is 8.81 Å². The van der Waals surface area contributed by atoms with E-state index >= 15 is 0 Å². The van der Waals surface area contributed by atoms with Gasteiger partial charge in [-0.1, -0.05) is 0 Å². The number of halogens is 3. The van der Waals surface area contributed by atoms with Crippen LogP contribution in [-0.4, -0.2) is 8.81 Å². The molecule has 0 bridgehead atoms. The lowest BCUT2D eigenvalue weighted by Crippen LogP contribution is -1.80. The van der Waals surface area contributed by atoms with Gasteiger partial charge in [0.15, 0.2) is 0 Å². The molecule has 0 aliphatic rings. The second-order valence-corrected chi connectivity index (χ2v) is 4.01. The average Bonchev–Trinajstić information content (AvgIpc) is 2.28. The van der Waals surface area contributed by atoms with Crippen LogP contribution in [0.4, 0.5) is 4.39 Å². The molecule has 12 heavy (non-hydrogen) atoms. The van der Waals surface area contributed by atoms with Crippen LogP contribution in [0, 0.1) is 9.52 Å². The van der Waals surface area contributed by atoms with Crippen LogP contribution in [0.3, 0.4) is 0 Å². The summed E-state index contributed by atoms with van der Waals surface area (Å²) in [6.07, 6.45) is 0. The number of rotatable bonds is 0. The number of aromatic nitrogens is 2. The van der Waals surface area contributed by atoms with Gasteiger partial charge in [-0.3, -0.25) is 0 Å². The highest BCUT2D eigenvalue weighted by atomic mass is 127. The van der Waals surface area contributed by atoms with Crippen LogP contribution in [0.2, 0.25) is 0 Å². The molecule has 0 fully saturated rings. The third kappa shape index (κ3) is 1.24. The monoisotopic (exact) mass is 340 g/mol. The SMILES string of the molecule is Fc1ccc2c(I)nn(Br)c2c1. The van der Waals surface area contributed by atoms with E-state index in [1.54, 1.807) is 6.07 Å². The van der Waals surface area contributed by atoms with E-state index in [0.717, 1.165) is 14.6 Å². The van der Waals surface area contributed by atoms with Crippen LogP contribution < -0.4 is 0 Å². The number of hydrogen-bond acceptors (Lipinski definition) is 1. The van der Waals surface area contributed by atoms with Crippen LogP contribution in [-0.2, 0) is 0 Å². The Hall–Kier alpha value is -0.170. The minimum absolute atomic E-state index is 0.250. The second kappa shape index (κ2) is 2.95. The molecule has 1 aromatic carbocycles. The summed E-state index contributed by atoms with van der Waals surface area (Å²) < 4.78 is 15.1. The first kappa shape index (κ1) is 8.43. The van der Waals surface area contributed by atoms with Gasteiger partial charge in [0, 0.05) is 11.5 Å². The van der Waals surface area contributed by atoms with E-state index in [4.69, 9.17) is 0 Å². The van der Waals surface area contributed by atoms with E-state index in [1.807, 2.05) is 0 Å². The average molecular weight is 341 g/mol. The first-order valence-corrected chi connectivity index (χ1v) is 4.97. The molecule has 0 saturated heterocycles. The number of fused-ring (bicyclic) bond motifs is 1. The van der Waals surface area contributed by atoms with Crippen molar-refractivity contribution in [3.8, 4) is 0 Å². The summed E-state index contributed by atoms with van der Waals surface area (Å²) in [7, 11) is 0. The molecule has 5 heteroatoms. The molecule has 0 atom stereocenters. The first-order valence-electron chi connectivity index (χ1n) is 3.18. The van der Waals surface area contributed by atoms with E-state index in [-0.39, 0.29) is 5.82 Å². The van der Waals surface area contributed by atoms with Crippen LogP contribution in [0.25, 0.3) is 10.9 Å². The highest BCUT2D eigenvalue weighted by molar-refractivity contribution is 14.1. The molecular formula is C7H3BrFIN2. The van der Waals surface area contributed by atoms with Crippen molar-refractivity contribution in [2.75, 3.05) is 0 Å². The molecule has 62 valence electrons. The summed E-state index contributed by atoms with van der Waals surface area (Å²) >= 11 is 5.29. The minimum atomic E-state index is -0.250. The van der Waals surface area contributed by atoms with Gasteiger partial charge in [0.1, 0.15) is 9.52 Å². The summed E-state index contributed by atoms with van der Waals surface area (Å²) in [6.45, 7) is 0. The second-order valence-electron chi connectivity index (χ2n) is 2.31. The molecule has 1 heterocycles. The van der Waals surface area contributed by atoms with E-state index in [9.17, 15) is 4.39 Å². The molecule has 0 aliphatic carbocycles. The molecule has 0 aliphatic heterocycles. The molecule has 0 N–H and O–H groups in total. The van der Waals surface area contributed by atoms with Gasteiger partial charge in [-0.25, -0.2) is 4.39 Å². The van der Waals surface area contributed by atoms with Crippen LogP contribution in [0.5, 0.6) is 0 Å². The quantitative estimate of drug-likeness (QED) is 0.674. The molecule has 0 saturated carbocycles. The summed E-state index contributed by atoms with van der Waals surface area (Å²) in [4.78, 5) is 0. The van der Waals surface area contributed by atoms with Crippen LogP contribution in [0.15, 0.2) is 18.2 Å². The van der Waals surface area contributed by atoms with Crippen molar-refractivity contribution in [2.24, 2.45) is 0 Å². The van der Waals surface area contributed by atoms with Gasteiger partial charge in [-0.15, -0.1) is 0 Å². The van der Waals surface area contributed by atoms with Crippen molar-refractivity contribution in [1.82, 2.24) is 8.81 Å². The summed E-state index contributed by atoms with van der Waals surface area (Å²) in [5, 5.41) is 5.04. The largest absolute Gasteiger partial charge is 0.207 e. The van der Waals surface area contributed by atoms with Gasteiger partial charge >= 0.3 is 0 Å². The fourth-order valence-corrected chi connectivity index (χ4v) is 2.44. The maximum absolute atomic E-state index is 12.8. The number of hydrogen-bond donors (Lipinski definition) is 0. The Bertz CT molecular complexity index is 440. The zero-order valence-electron chi connectivity index (χ0n) is 5.76. The standard InChI is InChI=1S/C7H3BrFIN2/c8-12-6-3-4(9)1-2-5(6)7(10)11-12/h1-3H. The summed E-state index contributed by atoms with van der Waals surface area (Å²) in [6, 6.07) is 4.59. The van der Waals surface area contributed by atoms with Crippen molar-refractivity contribution < 1.29 is 4.39 Å². The lowest BCUT2D eigenvalue weighted by Gasteiger charge is -1.90. The smallest absolute Gasteiger partial charge is 0.132 e. The van der Waals surface area contributed by atoms with Crippen LogP contribution >= 0.6 is 38.7 Å². The molecular weight excluding hydrogens is 338 g/mol. The van der Waals surface area contributed by atoms with E-state index in [1.165, 1.54) is 15.8 Å². The van der Waals surface area contributed by atoms with E-state index < -0.39 is 0 Å². The van der Waals surface area contributed by atoms with Gasteiger partial charge < -0.3 is 0 Å². The van der Waals surface area contributed by atoms with E-state index in [2.05, 4.69) is 43.8 Å². The molecule has 2 nitrogen and oxygen atoms in total. The maximum atomic E-state index is 12.8. The molecule has 0 amide bonds. The first-order chi connectivity index (χ1) is 5.68. The van der Waals surface area contributed by atoms with Gasteiger partial charge in [0.2, 0.25) is 0 Å². The minimum Gasteiger partial charge on any atom is -0.207 e. The maximum Gasteiger partial charge on any atom is 0.132 e. The third-order valence-corrected chi connectivity index (χ3v) is 2.89.